The molecule has 0 saturated heterocycles. The third kappa shape index (κ3) is 2.42. The van der Waals surface area contributed by atoms with Crippen molar-refractivity contribution >= 4 is 44.9 Å². The molecule has 2 aliphatic carbocycles. The van der Waals surface area contributed by atoms with E-state index in [1.807, 2.05) is 0 Å². The highest BCUT2D eigenvalue weighted by Gasteiger charge is 2.27. The van der Waals surface area contributed by atoms with E-state index in [-0.39, 0.29) is 0 Å². The van der Waals surface area contributed by atoms with Gasteiger partial charge in [-0.15, -0.1) is 0 Å². The lowest BCUT2D eigenvalue weighted by molar-refractivity contribution is 0.857. The van der Waals surface area contributed by atoms with Crippen LogP contribution in [0.25, 0.3) is 23.3 Å². The Balaban J connectivity index is 1.65. The number of rotatable bonds is 2. The van der Waals surface area contributed by atoms with Gasteiger partial charge >= 0.3 is 0 Å². The summed E-state index contributed by atoms with van der Waals surface area (Å²) in [6, 6.07) is 11.7. The topological polar surface area (TPSA) is 3.24 Å². The van der Waals surface area contributed by atoms with Crippen LogP contribution in [0.3, 0.4) is 0 Å². The van der Waals surface area contributed by atoms with E-state index in [0.717, 1.165) is 12.8 Å². The van der Waals surface area contributed by atoms with Crippen LogP contribution in [0.1, 0.15) is 43.9 Å². The van der Waals surface area contributed by atoms with E-state index in [1.165, 1.54) is 59.6 Å². The Hall–Kier alpha value is -2.06. The molecule has 27 heavy (non-hydrogen) atoms. The maximum absolute atomic E-state index is 3.95. The first-order valence-corrected chi connectivity index (χ1v) is 10.5. The van der Waals surface area contributed by atoms with Crippen LogP contribution in [-0.4, -0.2) is 13.1 Å². The van der Waals surface area contributed by atoms with Crippen molar-refractivity contribution in [3.05, 3.63) is 73.1 Å². The van der Waals surface area contributed by atoms with E-state index < -0.39 is 0 Å². The highest BCUT2D eigenvalue weighted by molar-refractivity contribution is 9.10. The zero-order valence-electron chi connectivity index (χ0n) is 16.4. The Morgan fingerprint density at radius 3 is 2.70 bits per heavy atom. The smallest absolute Gasteiger partial charge is 0.0478 e. The Labute approximate surface area is 169 Å². The second kappa shape index (κ2) is 5.97. The van der Waals surface area contributed by atoms with Crippen LogP contribution < -0.4 is 15.3 Å². The lowest BCUT2D eigenvalue weighted by Crippen LogP contribution is -2.26. The number of hydrogen-bond donors (Lipinski definition) is 0. The maximum Gasteiger partial charge on any atom is 0.0478 e. The summed E-state index contributed by atoms with van der Waals surface area (Å²) < 4.78 is 1.27. The molecule has 1 atom stereocenters. The fourth-order valence-corrected chi connectivity index (χ4v) is 5.69. The first-order valence-electron chi connectivity index (χ1n) is 9.71. The molecule has 0 amide bonds. The number of allylic oxidation sites excluding steroid dienone is 2. The zero-order valence-corrected chi connectivity index (χ0v) is 17.9. The molecule has 2 heteroatoms. The lowest BCUT2D eigenvalue weighted by atomic mass is 9.98. The molecule has 0 bridgehead atoms. The Bertz CT molecular complexity index is 1180. The lowest BCUT2D eigenvalue weighted by Gasteiger charge is -2.21. The maximum atomic E-state index is 3.95. The monoisotopic (exact) mass is 417 g/mol. The molecule has 0 radical (unpaired) electrons. The van der Waals surface area contributed by atoms with Crippen molar-refractivity contribution in [1.29, 1.82) is 0 Å². The van der Waals surface area contributed by atoms with Gasteiger partial charge in [-0.2, -0.15) is 0 Å². The van der Waals surface area contributed by atoms with Crippen molar-refractivity contribution in [3.8, 4) is 0 Å². The Morgan fingerprint density at radius 2 is 1.93 bits per heavy atom. The van der Waals surface area contributed by atoms with Gasteiger partial charge in [0.25, 0.3) is 0 Å². The third-order valence-corrected chi connectivity index (χ3v) is 7.49. The fraction of sp³-hybridized carbons (Fsp3) is 0.280. The van der Waals surface area contributed by atoms with Crippen LogP contribution in [0.5, 0.6) is 0 Å². The summed E-state index contributed by atoms with van der Waals surface area (Å²) in [5.41, 5.74) is 11.4. The average molecular weight is 418 g/mol. The van der Waals surface area contributed by atoms with Gasteiger partial charge in [0.05, 0.1) is 0 Å². The first kappa shape index (κ1) is 17.1. The Morgan fingerprint density at radius 1 is 1.15 bits per heavy atom. The minimum absolute atomic E-state index is 0.458. The predicted octanol–water partition coefficient (Wildman–Crippen LogP) is 5.06. The van der Waals surface area contributed by atoms with E-state index >= 15 is 0 Å². The molecule has 1 aliphatic heterocycles. The first-order chi connectivity index (χ1) is 13.0. The van der Waals surface area contributed by atoms with Crippen molar-refractivity contribution in [1.82, 2.24) is 0 Å². The highest BCUT2D eigenvalue weighted by atomic mass is 79.9. The van der Waals surface area contributed by atoms with E-state index in [1.54, 1.807) is 0 Å². The molecular weight excluding hydrogens is 394 g/mol. The van der Waals surface area contributed by atoms with E-state index in [4.69, 9.17) is 0 Å². The number of anilines is 1. The number of hydrogen-bond acceptors (Lipinski definition) is 1. The molecule has 2 aromatic rings. The van der Waals surface area contributed by atoms with Crippen molar-refractivity contribution in [2.24, 2.45) is 0 Å². The summed E-state index contributed by atoms with van der Waals surface area (Å²) in [7, 11) is 2.21. The van der Waals surface area contributed by atoms with E-state index in [0.29, 0.717) is 6.04 Å². The van der Waals surface area contributed by atoms with Gasteiger partial charge in [-0.25, -0.2) is 0 Å². The van der Waals surface area contributed by atoms with Gasteiger partial charge in [-0.1, -0.05) is 35.9 Å². The standard InChI is InChI=1S/C25H24BrN/c1-14-9-22-21(13-23-24(25(22)26)15(2)16(3)27(23)4)20(14)12-17-10-18-7-5-6-8-19(18)11-17/h5-10,13,16H,11-12H2,1-4H3. The minimum atomic E-state index is 0.458. The predicted molar refractivity (Wildman–Crippen MR) is 120 cm³/mol. The molecule has 5 rings (SSSR count). The van der Waals surface area contributed by atoms with Crippen molar-refractivity contribution in [3.63, 3.8) is 0 Å². The van der Waals surface area contributed by atoms with E-state index in [2.05, 4.69) is 91.1 Å². The quantitative estimate of drug-likeness (QED) is 0.660. The molecule has 0 N–H and O–H groups in total. The number of fused-ring (bicyclic) bond motifs is 3. The summed E-state index contributed by atoms with van der Waals surface area (Å²) in [6.07, 6.45) is 6.88. The van der Waals surface area contributed by atoms with Gasteiger partial charge < -0.3 is 4.90 Å². The van der Waals surface area contributed by atoms with Gasteiger partial charge in [0.15, 0.2) is 0 Å². The van der Waals surface area contributed by atoms with Crippen molar-refractivity contribution in [2.75, 3.05) is 11.9 Å². The van der Waals surface area contributed by atoms with Crippen LogP contribution in [0.4, 0.5) is 5.69 Å². The number of halogens is 1. The molecule has 0 fully saturated rings. The fourth-order valence-electron chi connectivity index (χ4n) is 4.85. The van der Waals surface area contributed by atoms with Crippen molar-refractivity contribution < 1.29 is 0 Å². The molecular formula is C25H24BrN. The van der Waals surface area contributed by atoms with E-state index in [9.17, 15) is 0 Å². The van der Waals surface area contributed by atoms with Crippen LogP contribution >= 0.6 is 15.9 Å². The second-order valence-corrected chi connectivity index (χ2v) is 8.97. The van der Waals surface area contributed by atoms with Crippen LogP contribution in [0, 0.1) is 0 Å². The highest BCUT2D eigenvalue weighted by Crippen LogP contribution is 2.35. The summed E-state index contributed by atoms with van der Waals surface area (Å²) in [5.74, 6) is 0. The van der Waals surface area contributed by atoms with Gasteiger partial charge in [-0.05, 0) is 100 Å². The third-order valence-electron chi connectivity index (χ3n) is 6.66. The van der Waals surface area contributed by atoms with Crippen LogP contribution in [0.15, 0.2) is 46.0 Å². The van der Waals surface area contributed by atoms with Crippen LogP contribution in [-0.2, 0) is 6.42 Å². The molecule has 0 aromatic heterocycles. The molecule has 1 heterocycles. The van der Waals surface area contributed by atoms with Gasteiger partial charge in [0.2, 0.25) is 0 Å². The normalized spacial score (nSPS) is 19.9. The molecule has 1 nitrogen and oxygen atoms in total. The van der Waals surface area contributed by atoms with Gasteiger partial charge in [-0.3, -0.25) is 0 Å². The minimum Gasteiger partial charge on any atom is -0.368 e. The van der Waals surface area contributed by atoms with Crippen LogP contribution in [0.2, 0.25) is 0 Å². The zero-order chi connectivity index (χ0) is 18.9. The summed E-state index contributed by atoms with van der Waals surface area (Å²) in [4.78, 5) is 2.41. The SMILES string of the molecule is CC1=Cc2c(Br)c3c(cc2=C1CC1=Cc2ccccc2C1)N(C)C(C)C=3C. The molecule has 0 saturated carbocycles. The van der Waals surface area contributed by atoms with Crippen molar-refractivity contribution in [2.45, 2.75) is 39.7 Å². The summed E-state index contributed by atoms with van der Waals surface area (Å²) in [5, 5.41) is 2.80. The number of benzene rings is 2. The second-order valence-electron chi connectivity index (χ2n) is 8.18. The Kier molecular flexibility index (Phi) is 3.77. The molecule has 2 aromatic carbocycles. The summed E-state index contributed by atoms with van der Waals surface area (Å²) >= 11 is 3.95. The summed E-state index contributed by atoms with van der Waals surface area (Å²) in [6.45, 7) is 6.82. The largest absolute Gasteiger partial charge is 0.368 e. The van der Waals surface area contributed by atoms with Gasteiger partial charge in [0.1, 0.15) is 0 Å². The van der Waals surface area contributed by atoms with Gasteiger partial charge in [0, 0.05) is 28.5 Å². The molecule has 0 spiro atoms. The molecule has 3 aliphatic rings. The molecule has 136 valence electrons. The number of nitrogens with zero attached hydrogens (tertiary/aromatic N) is 1. The molecule has 1 unspecified atom stereocenters. The average Bonchev–Trinajstić information content (AvgIpc) is 3.27.